The maximum atomic E-state index is 13.6. The molecule has 4 rings (SSSR count). The first kappa shape index (κ1) is 26.6. The Labute approximate surface area is 215 Å². The largest absolute Gasteiger partial charge is 0.493 e. The van der Waals surface area contributed by atoms with E-state index in [1.54, 1.807) is 12.1 Å². The second-order valence-electron chi connectivity index (χ2n) is 10.8. The molecule has 2 aliphatic heterocycles. The van der Waals surface area contributed by atoms with Crippen molar-refractivity contribution in [3.05, 3.63) is 65.5 Å². The number of rotatable bonds is 10. The van der Waals surface area contributed by atoms with Gasteiger partial charge in [-0.1, -0.05) is 38.1 Å². The first-order chi connectivity index (χ1) is 17.5. The van der Waals surface area contributed by atoms with Crippen LogP contribution in [0.15, 0.2) is 48.5 Å². The molecule has 2 saturated heterocycles. The molecule has 2 aliphatic rings. The molecule has 2 aromatic rings. The molecule has 0 N–H and O–H groups in total. The van der Waals surface area contributed by atoms with E-state index >= 15 is 0 Å². The summed E-state index contributed by atoms with van der Waals surface area (Å²) in [4.78, 5) is 18.2. The molecule has 0 saturated carbocycles. The number of hydrogen-bond acceptors (Lipinski definition) is 4. The third-order valence-electron chi connectivity index (χ3n) is 7.30. The molecular weight excluding hydrogens is 455 g/mol. The molecule has 2 aromatic carbocycles. The molecule has 6 heteroatoms. The summed E-state index contributed by atoms with van der Waals surface area (Å²) in [7, 11) is 0. The van der Waals surface area contributed by atoms with Crippen LogP contribution in [0.4, 0.5) is 4.39 Å². The van der Waals surface area contributed by atoms with E-state index in [-0.39, 0.29) is 17.8 Å². The van der Waals surface area contributed by atoms with Gasteiger partial charge in [-0.15, -0.1) is 0 Å². The molecule has 5 nitrogen and oxygen atoms in total. The second-order valence-corrected chi connectivity index (χ2v) is 10.8. The number of carbonyl (C=O) groups excluding carboxylic acids is 1. The number of nitrogens with zero attached hydrogens (tertiary/aromatic N) is 2. The van der Waals surface area contributed by atoms with Crippen LogP contribution >= 0.6 is 0 Å². The highest BCUT2D eigenvalue weighted by Crippen LogP contribution is 2.24. The molecule has 0 aliphatic carbocycles. The van der Waals surface area contributed by atoms with Crippen LogP contribution in [0.2, 0.25) is 0 Å². The van der Waals surface area contributed by atoms with Gasteiger partial charge < -0.3 is 19.3 Å². The fraction of sp³-hybridized carbons (Fsp3) is 0.567. The zero-order valence-corrected chi connectivity index (χ0v) is 21.8. The Hall–Kier alpha value is -2.44. The zero-order valence-electron chi connectivity index (χ0n) is 21.8. The maximum absolute atomic E-state index is 13.6. The molecule has 0 unspecified atom stereocenters. The Balaban J connectivity index is 1.38. The van der Waals surface area contributed by atoms with Crippen molar-refractivity contribution in [2.45, 2.75) is 58.5 Å². The van der Waals surface area contributed by atoms with Gasteiger partial charge in [0.05, 0.1) is 13.0 Å². The highest BCUT2D eigenvalue weighted by atomic mass is 19.1. The van der Waals surface area contributed by atoms with Crippen LogP contribution in [-0.2, 0) is 22.5 Å². The van der Waals surface area contributed by atoms with Gasteiger partial charge in [-0.3, -0.25) is 4.79 Å². The van der Waals surface area contributed by atoms with Crippen molar-refractivity contribution in [3.8, 4) is 5.75 Å². The van der Waals surface area contributed by atoms with Crippen LogP contribution in [-0.4, -0.2) is 61.2 Å². The third kappa shape index (κ3) is 8.04. The molecular formula is C30H41FN2O3. The third-order valence-corrected chi connectivity index (χ3v) is 7.30. The molecule has 0 bridgehead atoms. The summed E-state index contributed by atoms with van der Waals surface area (Å²) in [6.07, 6.45) is 4.59. The van der Waals surface area contributed by atoms with Crippen LogP contribution in [0.1, 0.15) is 50.7 Å². The van der Waals surface area contributed by atoms with Crippen molar-refractivity contribution in [3.63, 3.8) is 0 Å². The second kappa shape index (κ2) is 13.2. The quantitative estimate of drug-likeness (QED) is 0.446. The van der Waals surface area contributed by atoms with Gasteiger partial charge in [-0.25, -0.2) is 4.39 Å². The lowest BCUT2D eigenvalue weighted by Gasteiger charge is -2.40. The van der Waals surface area contributed by atoms with Gasteiger partial charge in [0.15, 0.2) is 0 Å². The van der Waals surface area contributed by atoms with Crippen molar-refractivity contribution < 1.29 is 18.7 Å². The molecule has 2 fully saturated rings. The number of carbonyl (C=O) groups is 1. The van der Waals surface area contributed by atoms with Gasteiger partial charge in [0.2, 0.25) is 5.91 Å². The van der Waals surface area contributed by atoms with Crippen molar-refractivity contribution in [1.82, 2.24) is 9.80 Å². The Morgan fingerprint density at radius 3 is 2.28 bits per heavy atom. The van der Waals surface area contributed by atoms with Crippen LogP contribution in [0.5, 0.6) is 5.75 Å². The lowest BCUT2D eigenvalue weighted by Crippen LogP contribution is -2.48. The number of halogens is 1. The van der Waals surface area contributed by atoms with Crippen LogP contribution < -0.4 is 4.74 Å². The Kier molecular flexibility index (Phi) is 9.76. The molecule has 0 spiro atoms. The summed E-state index contributed by atoms with van der Waals surface area (Å²) in [5.41, 5.74) is 1.95. The molecule has 0 atom stereocenters. The molecule has 2 heterocycles. The highest BCUT2D eigenvalue weighted by Gasteiger charge is 2.29. The molecule has 0 radical (unpaired) electrons. The first-order valence-corrected chi connectivity index (χ1v) is 13.5. The van der Waals surface area contributed by atoms with Gasteiger partial charge in [0, 0.05) is 45.4 Å². The Morgan fingerprint density at radius 1 is 1.00 bits per heavy atom. The van der Waals surface area contributed by atoms with E-state index in [1.165, 1.54) is 12.1 Å². The van der Waals surface area contributed by atoms with Crippen molar-refractivity contribution in [2.24, 2.45) is 11.8 Å². The van der Waals surface area contributed by atoms with Crippen molar-refractivity contribution in [1.29, 1.82) is 0 Å². The van der Waals surface area contributed by atoms with E-state index in [0.29, 0.717) is 25.5 Å². The summed E-state index contributed by atoms with van der Waals surface area (Å²) in [6.45, 7) is 10.4. The molecule has 196 valence electrons. The number of ether oxygens (including phenoxy) is 2. The van der Waals surface area contributed by atoms with E-state index in [2.05, 4.69) is 18.7 Å². The maximum Gasteiger partial charge on any atom is 0.227 e. The predicted octanol–water partition coefficient (Wildman–Crippen LogP) is 5.32. The van der Waals surface area contributed by atoms with Crippen molar-refractivity contribution in [2.75, 3.05) is 39.5 Å². The van der Waals surface area contributed by atoms with Crippen LogP contribution in [0, 0.1) is 17.7 Å². The molecule has 36 heavy (non-hydrogen) atoms. The minimum atomic E-state index is -0.252. The van der Waals surface area contributed by atoms with Gasteiger partial charge in [-0.05, 0) is 72.9 Å². The number of amides is 1. The van der Waals surface area contributed by atoms with Gasteiger partial charge in [-0.2, -0.15) is 0 Å². The number of likely N-dealkylation sites (tertiary alicyclic amines) is 1. The predicted molar refractivity (Wildman–Crippen MR) is 140 cm³/mol. The van der Waals surface area contributed by atoms with Gasteiger partial charge in [0.1, 0.15) is 11.6 Å². The van der Waals surface area contributed by atoms with E-state index in [1.807, 2.05) is 29.2 Å². The minimum Gasteiger partial charge on any atom is -0.493 e. The van der Waals surface area contributed by atoms with Crippen molar-refractivity contribution >= 4 is 5.91 Å². The molecule has 1 amide bonds. The molecule has 0 aromatic heterocycles. The van der Waals surface area contributed by atoms with Gasteiger partial charge in [0.25, 0.3) is 0 Å². The number of hydrogen-bond donors (Lipinski definition) is 0. The van der Waals surface area contributed by atoms with Crippen LogP contribution in [0.25, 0.3) is 0 Å². The average Bonchev–Trinajstić information content (AvgIpc) is 2.89. The number of benzene rings is 2. The van der Waals surface area contributed by atoms with E-state index < -0.39 is 0 Å². The Bertz CT molecular complexity index is 934. The highest BCUT2D eigenvalue weighted by molar-refractivity contribution is 5.79. The van der Waals surface area contributed by atoms with E-state index in [4.69, 9.17) is 9.47 Å². The smallest absolute Gasteiger partial charge is 0.227 e. The van der Waals surface area contributed by atoms with E-state index in [9.17, 15) is 9.18 Å². The fourth-order valence-electron chi connectivity index (χ4n) is 5.16. The lowest BCUT2D eigenvalue weighted by atomic mass is 9.96. The topological polar surface area (TPSA) is 42.0 Å². The average molecular weight is 497 g/mol. The standard InChI is InChI=1S/C30H41FN2O3/c1-23(2)22-36-29-9-5-24(6-10-29)19-30(34)33(21-25-3-7-27(31)8-4-25)28-11-15-32(16-12-28)20-26-13-17-35-18-14-26/h3-10,23,26,28H,11-22H2,1-2H3. The Morgan fingerprint density at radius 2 is 1.64 bits per heavy atom. The van der Waals surface area contributed by atoms with E-state index in [0.717, 1.165) is 81.3 Å². The fourth-order valence-corrected chi connectivity index (χ4v) is 5.16. The summed E-state index contributed by atoms with van der Waals surface area (Å²) in [5.74, 6) is 1.89. The first-order valence-electron chi connectivity index (χ1n) is 13.5. The minimum absolute atomic E-state index is 0.123. The lowest BCUT2D eigenvalue weighted by molar-refractivity contribution is -0.134. The summed E-state index contributed by atoms with van der Waals surface area (Å²) >= 11 is 0. The summed E-state index contributed by atoms with van der Waals surface area (Å²) in [6, 6.07) is 14.6. The monoisotopic (exact) mass is 496 g/mol. The summed E-state index contributed by atoms with van der Waals surface area (Å²) in [5, 5.41) is 0. The van der Waals surface area contributed by atoms with Crippen LogP contribution in [0.3, 0.4) is 0 Å². The zero-order chi connectivity index (χ0) is 25.3. The summed E-state index contributed by atoms with van der Waals surface area (Å²) < 4.78 is 24.8. The normalized spacial score (nSPS) is 17.9. The van der Waals surface area contributed by atoms with Gasteiger partial charge >= 0.3 is 0 Å². The SMILES string of the molecule is CC(C)COc1ccc(CC(=O)N(Cc2ccc(F)cc2)C2CCN(CC3CCOCC3)CC2)cc1. The number of piperidine rings is 1.